The van der Waals surface area contributed by atoms with Crippen LogP contribution < -0.4 is 14.4 Å². The topological polar surface area (TPSA) is 83.6 Å². The number of amidine groups is 1. The highest BCUT2D eigenvalue weighted by molar-refractivity contribution is 6.30. The number of ether oxygens (including phenoxy) is 2. The third kappa shape index (κ3) is 2.85. The van der Waals surface area contributed by atoms with Gasteiger partial charge in [-0.1, -0.05) is 6.07 Å². The molecule has 1 aliphatic rings. The SMILES string of the molecule is CCOc1cccc(N2CC(O)=C(c3nc4cc(OC)ccc4n3C)C2=N)c1. The smallest absolute Gasteiger partial charge is 0.148 e. The molecule has 4 rings (SSSR count). The second-order valence-corrected chi connectivity index (χ2v) is 6.54. The fraction of sp³-hybridized carbons (Fsp3) is 0.238. The molecule has 1 aliphatic heterocycles. The Morgan fingerprint density at radius 1 is 1.18 bits per heavy atom. The first-order chi connectivity index (χ1) is 13.5. The van der Waals surface area contributed by atoms with Crippen molar-refractivity contribution in [3.05, 3.63) is 54.0 Å². The Balaban J connectivity index is 1.72. The van der Waals surface area contributed by atoms with Crippen LogP contribution in [0.25, 0.3) is 16.6 Å². The Kier molecular flexibility index (Phi) is 4.43. The monoisotopic (exact) mass is 378 g/mol. The molecule has 0 amide bonds. The van der Waals surface area contributed by atoms with Gasteiger partial charge in [-0.05, 0) is 31.2 Å². The van der Waals surface area contributed by atoms with E-state index in [1.54, 1.807) is 12.0 Å². The Hall–Kier alpha value is -3.48. The van der Waals surface area contributed by atoms with Crippen molar-refractivity contribution in [2.24, 2.45) is 7.05 Å². The third-order valence-corrected chi connectivity index (χ3v) is 4.86. The largest absolute Gasteiger partial charge is 0.509 e. The van der Waals surface area contributed by atoms with Gasteiger partial charge in [-0.3, -0.25) is 5.41 Å². The molecule has 0 spiro atoms. The quantitative estimate of drug-likeness (QED) is 0.706. The summed E-state index contributed by atoms with van der Waals surface area (Å²) in [7, 11) is 3.49. The number of nitrogens with one attached hydrogen (secondary N) is 1. The number of fused-ring (bicyclic) bond motifs is 1. The predicted octanol–water partition coefficient (Wildman–Crippen LogP) is 3.75. The first-order valence-electron chi connectivity index (χ1n) is 9.05. The van der Waals surface area contributed by atoms with Gasteiger partial charge in [0, 0.05) is 24.9 Å². The van der Waals surface area contributed by atoms with Crippen molar-refractivity contribution in [3.8, 4) is 11.5 Å². The maximum absolute atomic E-state index is 10.7. The number of rotatable bonds is 5. The van der Waals surface area contributed by atoms with Crippen LogP contribution in [0.3, 0.4) is 0 Å². The van der Waals surface area contributed by atoms with Crippen LogP contribution in [0.5, 0.6) is 11.5 Å². The van der Waals surface area contributed by atoms with Crippen LogP contribution in [-0.2, 0) is 7.05 Å². The van der Waals surface area contributed by atoms with Gasteiger partial charge in [0.2, 0.25) is 0 Å². The minimum Gasteiger partial charge on any atom is -0.509 e. The molecule has 0 bridgehead atoms. The summed E-state index contributed by atoms with van der Waals surface area (Å²) >= 11 is 0. The number of aliphatic hydroxyl groups is 1. The number of benzene rings is 2. The fourth-order valence-corrected chi connectivity index (χ4v) is 3.47. The molecular formula is C21H22N4O3. The highest BCUT2D eigenvalue weighted by Gasteiger charge is 2.32. The van der Waals surface area contributed by atoms with Gasteiger partial charge in [0.25, 0.3) is 0 Å². The van der Waals surface area contributed by atoms with E-state index in [0.717, 1.165) is 22.5 Å². The Morgan fingerprint density at radius 3 is 2.75 bits per heavy atom. The summed E-state index contributed by atoms with van der Waals surface area (Å²) in [5.41, 5.74) is 2.87. The van der Waals surface area contributed by atoms with Crippen molar-refractivity contribution >= 4 is 28.1 Å². The first-order valence-corrected chi connectivity index (χ1v) is 9.05. The highest BCUT2D eigenvalue weighted by atomic mass is 16.5. The molecule has 2 N–H and O–H groups in total. The van der Waals surface area contributed by atoms with Gasteiger partial charge in [0.15, 0.2) is 0 Å². The van der Waals surface area contributed by atoms with Gasteiger partial charge in [-0.25, -0.2) is 4.98 Å². The number of anilines is 1. The molecule has 2 aromatic carbocycles. The lowest BCUT2D eigenvalue weighted by Gasteiger charge is -2.19. The van der Waals surface area contributed by atoms with Crippen LogP contribution in [0.15, 0.2) is 48.2 Å². The summed E-state index contributed by atoms with van der Waals surface area (Å²) in [6.45, 7) is 2.71. The summed E-state index contributed by atoms with van der Waals surface area (Å²) < 4.78 is 12.7. The molecule has 1 aromatic heterocycles. The predicted molar refractivity (Wildman–Crippen MR) is 109 cm³/mol. The summed E-state index contributed by atoms with van der Waals surface area (Å²) in [5, 5.41) is 19.3. The molecule has 0 aliphatic carbocycles. The number of imidazole rings is 1. The maximum Gasteiger partial charge on any atom is 0.148 e. The van der Waals surface area contributed by atoms with Crippen molar-refractivity contribution in [1.29, 1.82) is 5.41 Å². The molecule has 0 atom stereocenters. The molecule has 7 heteroatoms. The molecule has 0 saturated heterocycles. The van der Waals surface area contributed by atoms with E-state index >= 15 is 0 Å². The zero-order valence-electron chi connectivity index (χ0n) is 16.1. The minimum atomic E-state index is 0.122. The number of hydrogen-bond donors (Lipinski definition) is 2. The van der Waals surface area contributed by atoms with E-state index in [2.05, 4.69) is 4.98 Å². The number of aliphatic hydroxyl groups excluding tert-OH is 1. The van der Waals surface area contributed by atoms with E-state index in [1.165, 1.54) is 0 Å². The zero-order chi connectivity index (χ0) is 19.8. The third-order valence-electron chi connectivity index (χ3n) is 4.86. The molecule has 0 unspecified atom stereocenters. The van der Waals surface area contributed by atoms with E-state index in [0.29, 0.717) is 23.8 Å². The number of methoxy groups -OCH3 is 1. The number of nitrogens with zero attached hydrogens (tertiary/aromatic N) is 3. The highest BCUT2D eigenvalue weighted by Crippen LogP contribution is 2.33. The summed E-state index contributed by atoms with van der Waals surface area (Å²) in [6.07, 6.45) is 0. The van der Waals surface area contributed by atoms with E-state index in [4.69, 9.17) is 14.9 Å². The van der Waals surface area contributed by atoms with Crippen LogP contribution in [0.1, 0.15) is 12.7 Å². The fourth-order valence-electron chi connectivity index (χ4n) is 3.47. The molecule has 3 aromatic rings. The Bertz CT molecular complexity index is 1100. The van der Waals surface area contributed by atoms with Gasteiger partial charge < -0.3 is 24.0 Å². The lowest BCUT2D eigenvalue weighted by molar-refractivity contribution is 0.340. The normalized spacial score (nSPS) is 14.2. The van der Waals surface area contributed by atoms with Crippen molar-refractivity contribution in [2.45, 2.75) is 6.92 Å². The summed E-state index contributed by atoms with van der Waals surface area (Å²) in [5.74, 6) is 2.32. The number of aromatic nitrogens is 2. The molecule has 144 valence electrons. The van der Waals surface area contributed by atoms with Crippen LogP contribution in [0, 0.1) is 5.41 Å². The lowest BCUT2D eigenvalue weighted by Crippen LogP contribution is -2.26. The van der Waals surface area contributed by atoms with Crippen molar-refractivity contribution in [3.63, 3.8) is 0 Å². The van der Waals surface area contributed by atoms with Gasteiger partial charge in [0.05, 0.1) is 36.9 Å². The standard InChI is InChI=1S/C21H22N4O3/c1-4-28-15-7-5-6-13(10-15)25-12-18(26)19(20(25)22)21-23-16-11-14(27-3)8-9-17(16)24(21)2/h5-11,22,26H,4,12H2,1-3H3. The van der Waals surface area contributed by atoms with Crippen LogP contribution >= 0.6 is 0 Å². The minimum absolute atomic E-state index is 0.122. The molecular weight excluding hydrogens is 356 g/mol. The van der Waals surface area contributed by atoms with Gasteiger partial charge in [-0.15, -0.1) is 0 Å². The van der Waals surface area contributed by atoms with Crippen LogP contribution in [-0.4, -0.2) is 40.8 Å². The summed E-state index contributed by atoms with van der Waals surface area (Å²) in [4.78, 5) is 6.39. The molecule has 0 saturated carbocycles. The second kappa shape index (κ2) is 6.92. The van der Waals surface area contributed by atoms with Crippen LogP contribution in [0.4, 0.5) is 5.69 Å². The van der Waals surface area contributed by atoms with E-state index in [9.17, 15) is 5.11 Å². The maximum atomic E-state index is 10.7. The molecule has 0 fully saturated rings. The van der Waals surface area contributed by atoms with Crippen molar-refractivity contribution < 1.29 is 14.6 Å². The van der Waals surface area contributed by atoms with E-state index in [1.807, 2.05) is 61.0 Å². The average Bonchev–Trinajstić information content (AvgIpc) is 3.17. The molecule has 28 heavy (non-hydrogen) atoms. The molecule has 0 radical (unpaired) electrons. The number of aryl methyl sites for hydroxylation is 1. The average molecular weight is 378 g/mol. The van der Waals surface area contributed by atoms with E-state index in [-0.39, 0.29) is 18.1 Å². The zero-order valence-corrected chi connectivity index (χ0v) is 16.1. The Morgan fingerprint density at radius 2 is 2.00 bits per heavy atom. The lowest BCUT2D eigenvalue weighted by atomic mass is 10.2. The Labute approximate surface area is 162 Å². The van der Waals surface area contributed by atoms with E-state index < -0.39 is 0 Å². The van der Waals surface area contributed by atoms with Gasteiger partial charge >= 0.3 is 0 Å². The first kappa shape index (κ1) is 17.9. The molecule has 2 heterocycles. The summed E-state index contributed by atoms with van der Waals surface area (Å²) in [6, 6.07) is 13.2. The number of hydrogen-bond acceptors (Lipinski definition) is 5. The van der Waals surface area contributed by atoms with Gasteiger partial charge in [-0.2, -0.15) is 0 Å². The molecule has 7 nitrogen and oxygen atoms in total. The van der Waals surface area contributed by atoms with Crippen LogP contribution in [0.2, 0.25) is 0 Å². The van der Waals surface area contributed by atoms with Gasteiger partial charge in [0.1, 0.15) is 28.9 Å². The van der Waals surface area contributed by atoms with Crippen molar-refractivity contribution in [1.82, 2.24) is 9.55 Å². The second-order valence-electron chi connectivity index (χ2n) is 6.54. The van der Waals surface area contributed by atoms with Crippen molar-refractivity contribution in [2.75, 3.05) is 25.2 Å².